The van der Waals surface area contributed by atoms with Crippen LogP contribution in [0.2, 0.25) is 5.02 Å². The van der Waals surface area contributed by atoms with E-state index in [4.69, 9.17) is 16.3 Å². The maximum Gasteiger partial charge on any atom is 0.224 e. The van der Waals surface area contributed by atoms with Crippen LogP contribution in [0.1, 0.15) is 36.5 Å². The number of carbonyl (C=O) groups is 1. The molecule has 126 valence electrons. The van der Waals surface area contributed by atoms with Crippen molar-refractivity contribution in [1.29, 1.82) is 0 Å². The highest BCUT2D eigenvalue weighted by atomic mass is 35.5. The maximum atomic E-state index is 12.5. The fraction of sp³-hybridized carbons (Fsp3) is 0.368. The predicted molar refractivity (Wildman–Crippen MR) is 93.9 cm³/mol. The van der Waals surface area contributed by atoms with Gasteiger partial charge in [0.05, 0.1) is 6.04 Å². The number of hydrogen-bond donors (Lipinski definition) is 1. The molecule has 0 unspecified atom stereocenters. The molecule has 2 aromatic rings. The van der Waals surface area contributed by atoms with Crippen molar-refractivity contribution in [3.63, 3.8) is 0 Å². The monoisotopic (exact) mass is 344 g/mol. The molecule has 0 aliphatic heterocycles. The number of halogens is 1. The molecule has 1 aromatic carbocycles. The number of methoxy groups -OCH3 is 1. The van der Waals surface area contributed by atoms with Gasteiger partial charge in [-0.1, -0.05) is 29.8 Å². The Morgan fingerprint density at radius 3 is 2.71 bits per heavy atom. The Morgan fingerprint density at radius 2 is 2.08 bits per heavy atom. The second kappa shape index (κ2) is 7.32. The predicted octanol–water partition coefficient (Wildman–Crippen LogP) is 3.73. The van der Waals surface area contributed by atoms with Crippen molar-refractivity contribution in [1.82, 2.24) is 10.3 Å². The van der Waals surface area contributed by atoms with Gasteiger partial charge in [0.15, 0.2) is 0 Å². The van der Waals surface area contributed by atoms with Crippen molar-refractivity contribution in [2.24, 2.45) is 5.92 Å². The van der Waals surface area contributed by atoms with E-state index in [0.29, 0.717) is 5.02 Å². The third-order valence-electron chi connectivity index (χ3n) is 4.52. The average Bonchev–Trinajstić information content (AvgIpc) is 3.39. The second-order valence-electron chi connectivity index (χ2n) is 6.24. The van der Waals surface area contributed by atoms with Gasteiger partial charge in [-0.15, -0.1) is 0 Å². The number of carbonyl (C=O) groups excluding carboxylic acids is 1. The molecule has 24 heavy (non-hydrogen) atoms. The van der Waals surface area contributed by atoms with E-state index in [-0.39, 0.29) is 29.9 Å². The van der Waals surface area contributed by atoms with E-state index in [0.717, 1.165) is 17.5 Å². The Labute approximate surface area is 147 Å². The number of ether oxygens (including phenoxy) is 1. The molecule has 4 atom stereocenters. The molecule has 1 amide bonds. The molecule has 1 aliphatic rings. The van der Waals surface area contributed by atoms with E-state index in [2.05, 4.69) is 10.3 Å². The summed E-state index contributed by atoms with van der Waals surface area (Å²) >= 11 is 5.93. The van der Waals surface area contributed by atoms with E-state index in [1.807, 2.05) is 49.5 Å². The zero-order valence-electron chi connectivity index (χ0n) is 13.8. The maximum absolute atomic E-state index is 12.5. The van der Waals surface area contributed by atoms with Crippen molar-refractivity contribution in [3.8, 4) is 0 Å². The molecule has 5 heteroatoms. The van der Waals surface area contributed by atoms with Gasteiger partial charge in [-0.25, -0.2) is 0 Å². The average molecular weight is 345 g/mol. The number of rotatable bonds is 6. The van der Waals surface area contributed by atoms with Gasteiger partial charge >= 0.3 is 0 Å². The summed E-state index contributed by atoms with van der Waals surface area (Å²) in [5.74, 6) is 0.383. The van der Waals surface area contributed by atoms with Gasteiger partial charge in [-0.2, -0.15) is 0 Å². The highest BCUT2D eigenvalue weighted by Crippen LogP contribution is 2.47. The van der Waals surface area contributed by atoms with Gasteiger partial charge in [0.25, 0.3) is 0 Å². The third kappa shape index (κ3) is 3.77. The summed E-state index contributed by atoms with van der Waals surface area (Å²) in [4.78, 5) is 16.6. The largest absolute Gasteiger partial charge is 0.375 e. The number of nitrogens with zero attached hydrogens (tertiary/aromatic N) is 1. The molecule has 1 heterocycles. The van der Waals surface area contributed by atoms with Gasteiger partial charge in [-0.05, 0) is 48.6 Å². The summed E-state index contributed by atoms with van der Waals surface area (Å²) in [6.45, 7) is 1.96. The van der Waals surface area contributed by atoms with Gasteiger partial charge < -0.3 is 10.1 Å². The number of pyridine rings is 1. The van der Waals surface area contributed by atoms with Crippen LogP contribution in [0.15, 0.2) is 48.8 Å². The van der Waals surface area contributed by atoms with Crippen LogP contribution in [0.25, 0.3) is 0 Å². The lowest BCUT2D eigenvalue weighted by atomic mass is 10.0. The Hall–Kier alpha value is -1.91. The molecule has 0 radical (unpaired) electrons. The van der Waals surface area contributed by atoms with Crippen molar-refractivity contribution < 1.29 is 9.53 Å². The molecule has 0 saturated heterocycles. The molecule has 1 saturated carbocycles. The first-order chi connectivity index (χ1) is 11.6. The topological polar surface area (TPSA) is 51.2 Å². The molecule has 0 bridgehead atoms. The Balaban J connectivity index is 1.60. The highest BCUT2D eigenvalue weighted by Gasteiger charge is 2.44. The first-order valence-electron chi connectivity index (χ1n) is 8.08. The van der Waals surface area contributed by atoms with Gasteiger partial charge in [0.2, 0.25) is 5.91 Å². The van der Waals surface area contributed by atoms with Crippen LogP contribution in [0, 0.1) is 5.92 Å². The van der Waals surface area contributed by atoms with Crippen LogP contribution in [-0.2, 0) is 9.53 Å². The van der Waals surface area contributed by atoms with E-state index >= 15 is 0 Å². The standard InChI is InChI=1S/C19H21ClN2O2/c1-12(18(24-2)13-5-7-15(20)8-6-13)22-19(23)17-10-16(17)14-4-3-9-21-11-14/h3-9,11-12,16-18H,10H2,1-2H3,(H,22,23)/t12-,16-,17+,18-/m0/s1. The molecule has 1 aromatic heterocycles. The third-order valence-corrected chi connectivity index (χ3v) is 4.77. The lowest BCUT2D eigenvalue weighted by Gasteiger charge is -2.24. The van der Waals surface area contributed by atoms with E-state index in [1.165, 1.54) is 0 Å². The summed E-state index contributed by atoms with van der Waals surface area (Å²) in [6, 6.07) is 11.3. The van der Waals surface area contributed by atoms with Gasteiger partial charge in [-0.3, -0.25) is 9.78 Å². The van der Waals surface area contributed by atoms with Crippen LogP contribution < -0.4 is 5.32 Å². The highest BCUT2D eigenvalue weighted by molar-refractivity contribution is 6.30. The molecular formula is C19H21ClN2O2. The van der Waals surface area contributed by atoms with Crippen molar-refractivity contribution >= 4 is 17.5 Å². The van der Waals surface area contributed by atoms with E-state index < -0.39 is 0 Å². The fourth-order valence-electron chi connectivity index (χ4n) is 3.14. The Bertz CT molecular complexity index is 690. The van der Waals surface area contributed by atoms with Gasteiger partial charge in [0, 0.05) is 30.4 Å². The lowest BCUT2D eigenvalue weighted by Crippen LogP contribution is -2.38. The smallest absolute Gasteiger partial charge is 0.224 e. The number of benzene rings is 1. The molecule has 1 aliphatic carbocycles. The number of hydrogen-bond acceptors (Lipinski definition) is 3. The summed E-state index contributed by atoms with van der Waals surface area (Å²) in [5, 5.41) is 3.77. The summed E-state index contributed by atoms with van der Waals surface area (Å²) < 4.78 is 5.58. The van der Waals surface area contributed by atoms with Crippen molar-refractivity contribution in [3.05, 3.63) is 64.9 Å². The summed E-state index contributed by atoms with van der Waals surface area (Å²) in [6.07, 6.45) is 4.26. The fourth-order valence-corrected chi connectivity index (χ4v) is 3.26. The Morgan fingerprint density at radius 1 is 1.33 bits per heavy atom. The lowest BCUT2D eigenvalue weighted by molar-refractivity contribution is -0.124. The SMILES string of the molecule is CO[C@H](c1ccc(Cl)cc1)[C@H](C)NC(=O)[C@@H]1C[C@H]1c1cccnc1. The van der Waals surface area contributed by atoms with E-state index in [1.54, 1.807) is 13.3 Å². The van der Waals surface area contributed by atoms with E-state index in [9.17, 15) is 4.79 Å². The first-order valence-corrected chi connectivity index (χ1v) is 8.46. The quantitative estimate of drug-likeness (QED) is 0.868. The number of aromatic nitrogens is 1. The first kappa shape index (κ1) is 16.9. The minimum Gasteiger partial charge on any atom is -0.375 e. The summed E-state index contributed by atoms with van der Waals surface area (Å²) in [5.41, 5.74) is 2.13. The van der Waals surface area contributed by atoms with Crippen LogP contribution >= 0.6 is 11.6 Å². The molecule has 1 N–H and O–H groups in total. The number of amides is 1. The van der Waals surface area contributed by atoms with Crippen molar-refractivity contribution in [2.45, 2.75) is 31.4 Å². The molecule has 0 spiro atoms. The number of nitrogens with one attached hydrogen (secondary N) is 1. The molecule has 4 nitrogen and oxygen atoms in total. The summed E-state index contributed by atoms with van der Waals surface area (Å²) in [7, 11) is 1.65. The van der Waals surface area contributed by atoms with Crippen molar-refractivity contribution in [2.75, 3.05) is 7.11 Å². The molecule has 3 rings (SSSR count). The van der Waals surface area contributed by atoms with Crippen LogP contribution in [0.5, 0.6) is 0 Å². The minimum atomic E-state index is -0.207. The minimum absolute atomic E-state index is 0.0272. The van der Waals surface area contributed by atoms with Crippen LogP contribution in [0.3, 0.4) is 0 Å². The van der Waals surface area contributed by atoms with Gasteiger partial charge in [0.1, 0.15) is 6.10 Å². The van der Waals surface area contributed by atoms with Crippen LogP contribution in [-0.4, -0.2) is 24.0 Å². The zero-order chi connectivity index (χ0) is 17.1. The Kier molecular flexibility index (Phi) is 5.17. The molecular weight excluding hydrogens is 324 g/mol. The molecule has 1 fully saturated rings. The zero-order valence-corrected chi connectivity index (χ0v) is 14.5. The second-order valence-corrected chi connectivity index (χ2v) is 6.68. The normalized spacial score (nSPS) is 21.8. The van der Waals surface area contributed by atoms with Crippen LogP contribution in [0.4, 0.5) is 0 Å².